The number of rotatable bonds is 5. The number of hydrogen-bond acceptors (Lipinski definition) is 2. The molecule has 2 rings (SSSR count). The van der Waals surface area contributed by atoms with Crippen molar-refractivity contribution in [1.29, 1.82) is 0 Å². The van der Waals surface area contributed by atoms with Crippen molar-refractivity contribution in [3.63, 3.8) is 0 Å². The molecule has 0 amide bonds. The Morgan fingerprint density at radius 3 is 2.61 bits per heavy atom. The van der Waals surface area contributed by atoms with Crippen molar-refractivity contribution in [2.45, 2.75) is 26.3 Å². The number of benzene rings is 1. The predicted octanol–water partition coefficient (Wildman–Crippen LogP) is 4.60. The first-order valence-corrected chi connectivity index (χ1v) is 7.43. The molecule has 18 heavy (non-hydrogen) atoms. The fourth-order valence-electron chi connectivity index (χ4n) is 2.09. The summed E-state index contributed by atoms with van der Waals surface area (Å²) in [4.78, 5) is 1.31. The van der Waals surface area contributed by atoms with Gasteiger partial charge in [0.25, 0.3) is 0 Å². The Bertz CT molecular complexity index is 507. The summed E-state index contributed by atoms with van der Waals surface area (Å²) in [5.41, 5.74) is 2.75. The molecule has 0 radical (unpaired) electrons. The third-order valence-corrected chi connectivity index (χ3v) is 4.42. The van der Waals surface area contributed by atoms with Crippen LogP contribution < -0.4 is 5.32 Å². The zero-order valence-corrected chi connectivity index (χ0v) is 12.3. The van der Waals surface area contributed by atoms with Gasteiger partial charge in [-0.1, -0.05) is 42.8 Å². The predicted molar refractivity (Wildman–Crippen MR) is 80.6 cm³/mol. The molecule has 0 aliphatic heterocycles. The summed E-state index contributed by atoms with van der Waals surface area (Å²) in [7, 11) is 0. The molecule has 1 heterocycles. The van der Waals surface area contributed by atoms with E-state index in [1.807, 2.05) is 6.07 Å². The Kier molecular flexibility index (Phi) is 4.81. The molecule has 0 aliphatic rings. The van der Waals surface area contributed by atoms with Gasteiger partial charge in [-0.05, 0) is 43.1 Å². The van der Waals surface area contributed by atoms with Gasteiger partial charge in [0.15, 0.2) is 0 Å². The van der Waals surface area contributed by atoms with Crippen molar-refractivity contribution < 1.29 is 0 Å². The highest BCUT2D eigenvalue weighted by Crippen LogP contribution is 2.29. The molecule has 0 fully saturated rings. The molecule has 1 aromatic heterocycles. The number of thiophene rings is 1. The third-order valence-electron chi connectivity index (χ3n) is 3.07. The lowest BCUT2D eigenvalue weighted by molar-refractivity contribution is 0.557. The lowest BCUT2D eigenvalue weighted by Crippen LogP contribution is -2.22. The fraction of sp³-hybridized carbons (Fsp3) is 0.333. The highest BCUT2D eigenvalue weighted by atomic mass is 35.5. The van der Waals surface area contributed by atoms with Crippen molar-refractivity contribution in [3.05, 3.63) is 56.7 Å². The molecule has 2 aromatic rings. The highest BCUT2D eigenvalue weighted by molar-refractivity contribution is 7.16. The van der Waals surface area contributed by atoms with E-state index in [4.69, 9.17) is 11.6 Å². The van der Waals surface area contributed by atoms with Gasteiger partial charge >= 0.3 is 0 Å². The normalized spacial score (nSPS) is 12.6. The summed E-state index contributed by atoms with van der Waals surface area (Å²) in [6, 6.07) is 13.0. The van der Waals surface area contributed by atoms with E-state index in [9.17, 15) is 0 Å². The van der Waals surface area contributed by atoms with Crippen LogP contribution in [0.1, 0.15) is 29.0 Å². The van der Waals surface area contributed by atoms with Gasteiger partial charge in [-0.25, -0.2) is 0 Å². The Morgan fingerprint density at radius 1 is 1.22 bits per heavy atom. The van der Waals surface area contributed by atoms with Gasteiger partial charge < -0.3 is 5.32 Å². The van der Waals surface area contributed by atoms with Gasteiger partial charge in [-0.2, -0.15) is 0 Å². The van der Waals surface area contributed by atoms with Gasteiger partial charge in [0.1, 0.15) is 0 Å². The molecular formula is C15H18ClNS. The summed E-state index contributed by atoms with van der Waals surface area (Å²) in [5, 5.41) is 3.54. The van der Waals surface area contributed by atoms with Gasteiger partial charge in [0.05, 0.1) is 4.34 Å². The smallest absolute Gasteiger partial charge is 0.0931 e. The van der Waals surface area contributed by atoms with Crippen molar-refractivity contribution in [1.82, 2.24) is 5.32 Å². The standard InChI is InChI=1S/C15H18ClNS/c1-3-17-13(14-8-9-15(16)18-14)10-12-7-5-4-6-11(12)2/h4-9,13,17H,3,10H2,1-2H3. The average molecular weight is 280 g/mol. The molecule has 3 heteroatoms. The molecular weight excluding hydrogens is 262 g/mol. The zero-order valence-electron chi connectivity index (χ0n) is 10.7. The Hall–Kier alpha value is -0.830. The molecule has 96 valence electrons. The zero-order chi connectivity index (χ0) is 13.0. The van der Waals surface area contributed by atoms with Crippen LogP contribution in [0.5, 0.6) is 0 Å². The Morgan fingerprint density at radius 2 is 2.00 bits per heavy atom. The minimum atomic E-state index is 0.355. The largest absolute Gasteiger partial charge is 0.309 e. The maximum Gasteiger partial charge on any atom is 0.0931 e. The van der Waals surface area contributed by atoms with Crippen LogP contribution in [-0.4, -0.2) is 6.54 Å². The first kappa shape index (κ1) is 13.6. The Balaban J connectivity index is 2.19. The van der Waals surface area contributed by atoms with E-state index >= 15 is 0 Å². The molecule has 0 saturated carbocycles. The number of nitrogens with one attached hydrogen (secondary N) is 1. The summed E-state index contributed by atoms with van der Waals surface area (Å²) in [5.74, 6) is 0. The van der Waals surface area contributed by atoms with E-state index < -0.39 is 0 Å². The number of likely N-dealkylation sites (N-methyl/N-ethyl adjacent to an activating group) is 1. The van der Waals surface area contributed by atoms with Crippen LogP contribution in [0.2, 0.25) is 4.34 Å². The molecule has 0 spiro atoms. The average Bonchev–Trinajstić information content (AvgIpc) is 2.78. The second-order valence-corrected chi connectivity index (χ2v) is 6.13. The van der Waals surface area contributed by atoms with E-state index in [1.54, 1.807) is 11.3 Å². The van der Waals surface area contributed by atoms with Crippen LogP contribution in [-0.2, 0) is 6.42 Å². The van der Waals surface area contributed by atoms with Crippen LogP contribution in [0, 0.1) is 6.92 Å². The van der Waals surface area contributed by atoms with Crippen LogP contribution in [0.3, 0.4) is 0 Å². The summed E-state index contributed by atoms with van der Waals surface area (Å²) in [6.07, 6.45) is 1.01. The van der Waals surface area contributed by atoms with Crippen LogP contribution >= 0.6 is 22.9 Å². The summed E-state index contributed by atoms with van der Waals surface area (Å²) in [6.45, 7) is 5.27. The molecule has 0 bridgehead atoms. The van der Waals surface area contributed by atoms with Crippen LogP contribution in [0.25, 0.3) is 0 Å². The molecule has 1 unspecified atom stereocenters. The minimum absolute atomic E-state index is 0.355. The molecule has 1 atom stereocenters. The Labute approximate surface area is 118 Å². The fourth-order valence-corrected chi connectivity index (χ4v) is 3.23. The molecule has 1 aromatic carbocycles. The lowest BCUT2D eigenvalue weighted by atomic mass is 10.0. The van der Waals surface area contributed by atoms with E-state index in [-0.39, 0.29) is 0 Å². The maximum absolute atomic E-state index is 6.03. The lowest BCUT2D eigenvalue weighted by Gasteiger charge is -2.17. The maximum atomic E-state index is 6.03. The van der Waals surface area contributed by atoms with Gasteiger partial charge in [-0.3, -0.25) is 0 Å². The van der Waals surface area contributed by atoms with E-state index in [2.05, 4.69) is 49.5 Å². The minimum Gasteiger partial charge on any atom is -0.309 e. The first-order valence-electron chi connectivity index (χ1n) is 6.24. The van der Waals surface area contributed by atoms with Crippen molar-refractivity contribution in [2.75, 3.05) is 6.54 Å². The number of aryl methyl sites for hydroxylation is 1. The third kappa shape index (κ3) is 3.35. The van der Waals surface area contributed by atoms with Gasteiger partial charge in [0.2, 0.25) is 0 Å². The second kappa shape index (κ2) is 6.37. The van der Waals surface area contributed by atoms with Gasteiger partial charge in [0, 0.05) is 10.9 Å². The van der Waals surface area contributed by atoms with Crippen molar-refractivity contribution >= 4 is 22.9 Å². The number of hydrogen-bond donors (Lipinski definition) is 1. The van der Waals surface area contributed by atoms with Gasteiger partial charge in [-0.15, -0.1) is 11.3 Å². The quantitative estimate of drug-likeness (QED) is 0.843. The summed E-state index contributed by atoms with van der Waals surface area (Å²) < 4.78 is 0.859. The SMILES string of the molecule is CCNC(Cc1ccccc1C)c1ccc(Cl)s1. The van der Waals surface area contributed by atoms with E-state index in [1.165, 1.54) is 16.0 Å². The van der Waals surface area contributed by atoms with Crippen LogP contribution in [0.4, 0.5) is 0 Å². The topological polar surface area (TPSA) is 12.0 Å². The molecule has 1 N–H and O–H groups in total. The van der Waals surface area contributed by atoms with Crippen molar-refractivity contribution in [2.24, 2.45) is 0 Å². The second-order valence-electron chi connectivity index (χ2n) is 4.38. The molecule has 0 aliphatic carbocycles. The van der Waals surface area contributed by atoms with Crippen molar-refractivity contribution in [3.8, 4) is 0 Å². The highest BCUT2D eigenvalue weighted by Gasteiger charge is 2.14. The summed E-state index contributed by atoms with van der Waals surface area (Å²) >= 11 is 7.69. The molecule has 1 nitrogen and oxygen atoms in total. The van der Waals surface area contributed by atoms with E-state index in [0.29, 0.717) is 6.04 Å². The monoisotopic (exact) mass is 279 g/mol. The molecule has 0 saturated heterocycles. The first-order chi connectivity index (χ1) is 8.70. The van der Waals surface area contributed by atoms with E-state index in [0.717, 1.165) is 17.3 Å². The number of halogens is 1. The van der Waals surface area contributed by atoms with Crippen LogP contribution in [0.15, 0.2) is 36.4 Å².